The van der Waals surface area contributed by atoms with Crippen molar-refractivity contribution in [2.24, 2.45) is 5.92 Å². The number of hydrogen-bond donors (Lipinski definition) is 2. The molecule has 1 aliphatic rings. The van der Waals surface area contributed by atoms with E-state index in [9.17, 15) is 13.2 Å². The van der Waals surface area contributed by atoms with Gasteiger partial charge in [-0.3, -0.25) is 4.79 Å². The monoisotopic (exact) mass is 353 g/mol. The third kappa shape index (κ3) is 4.78. The summed E-state index contributed by atoms with van der Waals surface area (Å²) in [6.07, 6.45) is 2.30. The summed E-state index contributed by atoms with van der Waals surface area (Å²) in [7, 11) is -1.66. The second-order valence-electron chi connectivity index (χ2n) is 6.26. The van der Waals surface area contributed by atoms with Gasteiger partial charge in [0.1, 0.15) is 0 Å². The maximum atomic E-state index is 12.8. The minimum Gasteiger partial charge on any atom is -0.356 e. The molecular weight excluding hydrogens is 326 g/mol. The van der Waals surface area contributed by atoms with Crippen molar-refractivity contribution in [3.8, 4) is 0 Å². The maximum absolute atomic E-state index is 12.8. The zero-order valence-corrected chi connectivity index (χ0v) is 15.2. The predicted molar refractivity (Wildman–Crippen MR) is 94.2 cm³/mol. The van der Waals surface area contributed by atoms with E-state index in [1.54, 1.807) is 24.3 Å². The van der Waals surface area contributed by atoms with Crippen LogP contribution >= 0.6 is 0 Å². The van der Waals surface area contributed by atoms with Crippen LogP contribution in [0.25, 0.3) is 0 Å². The van der Waals surface area contributed by atoms with Gasteiger partial charge in [-0.25, -0.2) is 8.42 Å². The Morgan fingerprint density at radius 1 is 1.25 bits per heavy atom. The molecule has 0 bridgehead atoms. The molecule has 0 aliphatic carbocycles. The molecule has 0 saturated carbocycles. The molecule has 2 rings (SSSR count). The Morgan fingerprint density at radius 2 is 1.96 bits per heavy atom. The van der Waals surface area contributed by atoms with Gasteiger partial charge in [0, 0.05) is 19.6 Å². The highest BCUT2D eigenvalue weighted by Crippen LogP contribution is 2.24. The van der Waals surface area contributed by atoms with Crippen LogP contribution in [0.15, 0.2) is 29.2 Å². The van der Waals surface area contributed by atoms with Crippen molar-refractivity contribution in [1.29, 1.82) is 0 Å². The van der Waals surface area contributed by atoms with Crippen LogP contribution in [0.3, 0.4) is 0 Å². The zero-order valence-electron chi connectivity index (χ0n) is 14.4. The largest absolute Gasteiger partial charge is 0.356 e. The molecule has 2 N–H and O–H groups in total. The number of carbonyl (C=O) groups excluding carboxylic acids is 1. The molecule has 1 aliphatic heterocycles. The van der Waals surface area contributed by atoms with Crippen LogP contribution in [-0.2, 0) is 14.8 Å². The molecule has 1 heterocycles. The molecule has 1 unspecified atom stereocenters. The summed E-state index contributed by atoms with van der Waals surface area (Å²) < 4.78 is 26.9. The van der Waals surface area contributed by atoms with Gasteiger partial charge < -0.3 is 10.6 Å². The molecule has 0 radical (unpaired) electrons. The average Bonchev–Trinajstić information content (AvgIpc) is 2.59. The summed E-state index contributed by atoms with van der Waals surface area (Å²) in [5.74, 6) is -0.316. The predicted octanol–water partition coefficient (Wildman–Crippen LogP) is 1.12. The van der Waals surface area contributed by atoms with Crippen LogP contribution < -0.4 is 10.6 Å². The lowest BCUT2D eigenvalue weighted by Gasteiger charge is -2.31. The third-order valence-corrected chi connectivity index (χ3v) is 6.20. The van der Waals surface area contributed by atoms with Crippen molar-refractivity contribution in [2.45, 2.75) is 31.1 Å². The number of nitrogens with zero attached hydrogens (tertiary/aromatic N) is 1. The van der Waals surface area contributed by atoms with Crippen molar-refractivity contribution in [3.63, 3.8) is 0 Å². The number of carbonyl (C=O) groups is 1. The lowest BCUT2D eigenvalue weighted by atomic mass is 9.99. The summed E-state index contributed by atoms with van der Waals surface area (Å²) in [5.41, 5.74) is 1.02. The fourth-order valence-electron chi connectivity index (χ4n) is 2.86. The summed E-state index contributed by atoms with van der Waals surface area (Å²) in [6, 6.07) is 6.85. The van der Waals surface area contributed by atoms with E-state index in [1.807, 2.05) is 14.0 Å². The Kier molecular flexibility index (Phi) is 6.77. The summed E-state index contributed by atoms with van der Waals surface area (Å²) in [4.78, 5) is 12.6. The smallest absolute Gasteiger partial charge is 0.243 e. The fourth-order valence-corrected chi connectivity index (χ4v) is 4.38. The minimum absolute atomic E-state index is 0.0464. The molecule has 1 saturated heterocycles. The van der Waals surface area contributed by atoms with E-state index >= 15 is 0 Å². The molecule has 24 heavy (non-hydrogen) atoms. The topological polar surface area (TPSA) is 78.5 Å². The van der Waals surface area contributed by atoms with E-state index in [0.29, 0.717) is 24.4 Å². The molecule has 1 aromatic carbocycles. The first kappa shape index (κ1) is 18.9. The average molecular weight is 353 g/mol. The van der Waals surface area contributed by atoms with Crippen molar-refractivity contribution >= 4 is 15.9 Å². The van der Waals surface area contributed by atoms with Crippen LogP contribution in [-0.4, -0.2) is 51.9 Å². The van der Waals surface area contributed by atoms with Gasteiger partial charge in [0.25, 0.3) is 0 Å². The minimum atomic E-state index is -3.53. The number of aryl methyl sites for hydroxylation is 1. The highest BCUT2D eigenvalue weighted by atomic mass is 32.2. The summed E-state index contributed by atoms with van der Waals surface area (Å²) in [5, 5.41) is 5.94. The number of piperidine rings is 1. The molecule has 1 fully saturated rings. The van der Waals surface area contributed by atoms with E-state index in [-0.39, 0.29) is 18.4 Å². The number of rotatable bonds is 7. The molecule has 6 nitrogen and oxygen atoms in total. The van der Waals surface area contributed by atoms with Gasteiger partial charge in [0.05, 0.1) is 10.8 Å². The van der Waals surface area contributed by atoms with Crippen molar-refractivity contribution in [3.05, 3.63) is 29.8 Å². The van der Waals surface area contributed by atoms with Crippen LogP contribution in [0.4, 0.5) is 0 Å². The number of hydrogen-bond acceptors (Lipinski definition) is 4. The van der Waals surface area contributed by atoms with Crippen molar-refractivity contribution in [1.82, 2.24) is 14.9 Å². The van der Waals surface area contributed by atoms with Gasteiger partial charge in [-0.1, -0.05) is 17.7 Å². The van der Waals surface area contributed by atoms with Gasteiger partial charge in [-0.15, -0.1) is 0 Å². The highest BCUT2D eigenvalue weighted by molar-refractivity contribution is 7.89. The van der Waals surface area contributed by atoms with E-state index in [0.717, 1.165) is 24.9 Å². The van der Waals surface area contributed by atoms with Gasteiger partial charge in [0.15, 0.2) is 0 Å². The summed E-state index contributed by atoms with van der Waals surface area (Å²) >= 11 is 0. The SMILES string of the molecule is CNCCCNC(=O)C1CCCN(S(=O)(=O)c2ccc(C)cc2)C1. The molecule has 134 valence electrons. The summed E-state index contributed by atoms with van der Waals surface area (Å²) in [6.45, 7) is 4.11. The Labute approximate surface area is 144 Å². The number of nitrogens with one attached hydrogen (secondary N) is 2. The number of amides is 1. The van der Waals surface area contributed by atoms with E-state index in [1.165, 1.54) is 4.31 Å². The number of sulfonamides is 1. The maximum Gasteiger partial charge on any atom is 0.243 e. The van der Waals surface area contributed by atoms with Crippen LogP contribution in [0, 0.1) is 12.8 Å². The molecule has 1 atom stereocenters. The molecule has 1 aromatic rings. The molecule has 1 amide bonds. The van der Waals surface area contributed by atoms with Crippen molar-refractivity contribution < 1.29 is 13.2 Å². The highest BCUT2D eigenvalue weighted by Gasteiger charge is 2.33. The van der Waals surface area contributed by atoms with Gasteiger partial charge in [-0.05, 0) is 51.9 Å². The Balaban J connectivity index is 1.99. The number of benzene rings is 1. The normalized spacial score (nSPS) is 19.2. The van der Waals surface area contributed by atoms with E-state index < -0.39 is 10.0 Å². The standard InChI is InChI=1S/C17H27N3O3S/c1-14-6-8-16(9-7-14)24(22,23)20-12-3-5-15(13-20)17(21)19-11-4-10-18-2/h6-9,15,18H,3-5,10-13H2,1-2H3,(H,19,21). The van der Waals surface area contributed by atoms with Crippen LogP contribution in [0.5, 0.6) is 0 Å². The molecular formula is C17H27N3O3S. The van der Waals surface area contributed by atoms with E-state index in [4.69, 9.17) is 0 Å². The second-order valence-corrected chi connectivity index (χ2v) is 8.20. The van der Waals surface area contributed by atoms with Crippen molar-refractivity contribution in [2.75, 3.05) is 33.2 Å². The first-order chi connectivity index (χ1) is 11.4. The third-order valence-electron chi connectivity index (χ3n) is 4.32. The Bertz CT molecular complexity index is 644. The van der Waals surface area contributed by atoms with Crippen LogP contribution in [0.1, 0.15) is 24.8 Å². The Hall–Kier alpha value is -1.44. The quantitative estimate of drug-likeness (QED) is 0.720. The fraction of sp³-hybridized carbons (Fsp3) is 0.588. The second kappa shape index (κ2) is 8.60. The van der Waals surface area contributed by atoms with Crippen LogP contribution in [0.2, 0.25) is 0 Å². The zero-order chi connectivity index (χ0) is 17.6. The molecule has 0 aromatic heterocycles. The lowest BCUT2D eigenvalue weighted by Crippen LogP contribution is -2.45. The van der Waals surface area contributed by atoms with Gasteiger partial charge >= 0.3 is 0 Å². The van der Waals surface area contributed by atoms with Gasteiger partial charge in [0.2, 0.25) is 15.9 Å². The first-order valence-corrected chi connectivity index (χ1v) is 9.88. The molecule has 7 heteroatoms. The van der Waals surface area contributed by atoms with Gasteiger partial charge in [-0.2, -0.15) is 4.31 Å². The van der Waals surface area contributed by atoms with E-state index in [2.05, 4.69) is 10.6 Å². The molecule has 0 spiro atoms. The Morgan fingerprint density at radius 3 is 2.62 bits per heavy atom. The first-order valence-electron chi connectivity index (χ1n) is 8.44. The lowest BCUT2D eigenvalue weighted by molar-refractivity contribution is -0.126.